The first kappa shape index (κ1) is 19.7. The Morgan fingerprint density at radius 1 is 1.28 bits per heavy atom. The molecule has 4 rings (SSSR count). The zero-order valence-electron chi connectivity index (χ0n) is 17.2. The van der Waals surface area contributed by atoms with E-state index in [1.807, 2.05) is 45.3 Å². The first-order valence-corrected chi connectivity index (χ1v) is 10.6. The van der Waals surface area contributed by atoms with Crippen LogP contribution in [0.5, 0.6) is 0 Å². The number of pyridine rings is 1. The third-order valence-electron chi connectivity index (χ3n) is 4.83. The van der Waals surface area contributed by atoms with Gasteiger partial charge in [-0.05, 0) is 44.9 Å². The first-order valence-electron chi connectivity index (χ1n) is 9.80. The lowest BCUT2D eigenvalue weighted by molar-refractivity contribution is 0.103. The van der Waals surface area contributed by atoms with Crippen molar-refractivity contribution in [3.05, 3.63) is 48.2 Å². The smallest absolute Gasteiger partial charge is 0.154 e. The van der Waals surface area contributed by atoms with Gasteiger partial charge in [-0.25, -0.2) is 15.0 Å². The predicted molar refractivity (Wildman–Crippen MR) is 118 cm³/mol. The summed E-state index contributed by atoms with van der Waals surface area (Å²) in [6.45, 7) is 7.63. The van der Waals surface area contributed by atoms with Crippen molar-refractivity contribution in [3.8, 4) is 21.1 Å². The monoisotopic (exact) mass is 407 g/mol. The minimum Gasteiger partial charge on any atom is -0.375 e. The summed E-state index contributed by atoms with van der Waals surface area (Å²) in [4.78, 5) is 21.9. The molecule has 0 N–H and O–H groups in total. The first-order chi connectivity index (χ1) is 14.0. The van der Waals surface area contributed by atoms with Gasteiger partial charge in [-0.2, -0.15) is 0 Å². The molecule has 0 atom stereocenters. The van der Waals surface area contributed by atoms with E-state index in [0.717, 1.165) is 51.3 Å². The largest absolute Gasteiger partial charge is 0.375 e. The van der Waals surface area contributed by atoms with Crippen LogP contribution in [0.4, 0.5) is 5.82 Å². The minimum absolute atomic E-state index is 0.209. The van der Waals surface area contributed by atoms with Gasteiger partial charge in [0, 0.05) is 31.5 Å². The molecule has 1 aliphatic rings. The van der Waals surface area contributed by atoms with Crippen LogP contribution in [-0.2, 0) is 4.74 Å². The molecule has 4 heterocycles. The Hall–Kier alpha value is -2.64. The van der Waals surface area contributed by atoms with Crippen molar-refractivity contribution in [3.63, 3.8) is 0 Å². The second-order valence-electron chi connectivity index (χ2n) is 7.39. The highest BCUT2D eigenvalue weighted by molar-refractivity contribution is 7.18. The highest BCUT2D eigenvalue weighted by atomic mass is 32.1. The van der Waals surface area contributed by atoms with Crippen LogP contribution in [0.3, 0.4) is 0 Å². The van der Waals surface area contributed by atoms with Crippen LogP contribution >= 0.6 is 11.3 Å². The number of fused-ring (bicyclic) bond motifs is 1. The zero-order valence-corrected chi connectivity index (χ0v) is 18.0. The second kappa shape index (κ2) is 8.39. The molecule has 0 amide bonds. The van der Waals surface area contributed by atoms with Crippen molar-refractivity contribution < 1.29 is 4.74 Å². The van der Waals surface area contributed by atoms with E-state index in [9.17, 15) is 0 Å². The molecule has 150 valence electrons. The molecule has 29 heavy (non-hydrogen) atoms. The van der Waals surface area contributed by atoms with Gasteiger partial charge in [0.1, 0.15) is 16.4 Å². The van der Waals surface area contributed by atoms with Gasteiger partial charge in [-0.1, -0.05) is 6.08 Å². The minimum atomic E-state index is 0.209. The molecule has 0 radical (unpaired) electrons. The van der Waals surface area contributed by atoms with Crippen molar-refractivity contribution >= 4 is 22.7 Å². The van der Waals surface area contributed by atoms with Gasteiger partial charge < -0.3 is 9.64 Å². The van der Waals surface area contributed by atoms with Crippen molar-refractivity contribution in [1.82, 2.24) is 19.9 Å². The fourth-order valence-electron chi connectivity index (χ4n) is 3.29. The van der Waals surface area contributed by atoms with E-state index >= 15 is 0 Å². The van der Waals surface area contributed by atoms with Gasteiger partial charge in [-0.15, -0.1) is 11.3 Å². The Kier molecular flexibility index (Phi) is 5.69. The summed E-state index contributed by atoms with van der Waals surface area (Å²) in [5.74, 6) is 0.922. The molecule has 3 aromatic heterocycles. The van der Waals surface area contributed by atoms with Crippen molar-refractivity contribution in [2.75, 3.05) is 25.1 Å². The van der Waals surface area contributed by atoms with Crippen molar-refractivity contribution in [2.45, 2.75) is 33.3 Å². The lowest BCUT2D eigenvalue weighted by Crippen LogP contribution is -2.26. The van der Waals surface area contributed by atoms with Crippen LogP contribution < -0.4 is 4.90 Å². The van der Waals surface area contributed by atoms with Gasteiger partial charge >= 0.3 is 0 Å². The average molecular weight is 408 g/mol. The van der Waals surface area contributed by atoms with Gasteiger partial charge in [-0.3, -0.25) is 4.98 Å². The summed E-state index contributed by atoms with van der Waals surface area (Å²) in [5.41, 5.74) is 4.98. The van der Waals surface area contributed by atoms with Crippen molar-refractivity contribution in [1.29, 1.82) is 0 Å². The summed E-state index contributed by atoms with van der Waals surface area (Å²) >= 11 is 1.63. The van der Waals surface area contributed by atoms with E-state index in [2.05, 4.69) is 23.0 Å². The van der Waals surface area contributed by atoms with Crippen LogP contribution in [0.1, 0.15) is 31.7 Å². The number of nitrogens with zero attached hydrogens (tertiary/aromatic N) is 5. The molecule has 0 fully saturated rings. The third-order valence-corrected chi connectivity index (χ3v) is 6.06. The van der Waals surface area contributed by atoms with Crippen LogP contribution in [0.25, 0.3) is 26.7 Å². The molecule has 0 aromatic carbocycles. The molecule has 0 bridgehead atoms. The Morgan fingerprint density at radius 3 is 2.90 bits per heavy atom. The molecule has 0 aliphatic carbocycles. The molecule has 6 nitrogen and oxygen atoms in total. The molecular formula is C22H25N5OS. The Labute approximate surface area is 175 Å². The normalized spacial score (nSPS) is 15.2. The number of ether oxygens (including phenoxy) is 1. The van der Waals surface area contributed by atoms with E-state index in [0.29, 0.717) is 6.61 Å². The number of hydrogen-bond donors (Lipinski definition) is 0. The number of anilines is 1. The van der Waals surface area contributed by atoms with Crippen LogP contribution in [0.15, 0.2) is 36.8 Å². The van der Waals surface area contributed by atoms with E-state index in [1.165, 1.54) is 5.57 Å². The molecule has 1 aliphatic heterocycles. The SMILES string of the molecule is Cc1nc(-c2cccnc2)sc1-c1cnc2c(n1)/C(=C\COC(C)C)CCN2C. The van der Waals surface area contributed by atoms with Gasteiger partial charge in [0.05, 0.1) is 29.5 Å². The number of thiazole rings is 1. The van der Waals surface area contributed by atoms with Crippen molar-refractivity contribution in [2.24, 2.45) is 0 Å². The maximum absolute atomic E-state index is 5.72. The third kappa shape index (κ3) is 4.21. The molecule has 7 heteroatoms. The zero-order chi connectivity index (χ0) is 20.4. The number of rotatable bonds is 5. The summed E-state index contributed by atoms with van der Waals surface area (Å²) < 4.78 is 5.72. The van der Waals surface area contributed by atoms with Crippen LogP contribution in [-0.4, -0.2) is 46.2 Å². The Balaban J connectivity index is 1.71. The van der Waals surface area contributed by atoms with E-state index in [4.69, 9.17) is 19.7 Å². The molecule has 0 spiro atoms. The molecule has 0 saturated heterocycles. The van der Waals surface area contributed by atoms with E-state index in [-0.39, 0.29) is 6.10 Å². The fraction of sp³-hybridized carbons (Fsp3) is 0.364. The molecule has 3 aromatic rings. The Bertz CT molecular complexity index is 1030. The number of hydrogen-bond acceptors (Lipinski definition) is 7. The lowest BCUT2D eigenvalue weighted by atomic mass is 10.0. The van der Waals surface area contributed by atoms with Gasteiger partial charge in [0.2, 0.25) is 0 Å². The van der Waals surface area contributed by atoms with Gasteiger partial charge in [0.15, 0.2) is 5.82 Å². The summed E-state index contributed by atoms with van der Waals surface area (Å²) in [7, 11) is 2.06. The number of aromatic nitrogens is 4. The highest BCUT2D eigenvalue weighted by Gasteiger charge is 2.23. The lowest BCUT2D eigenvalue weighted by Gasteiger charge is -2.27. The van der Waals surface area contributed by atoms with Crippen LogP contribution in [0, 0.1) is 6.92 Å². The van der Waals surface area contributed by atoms with Gasteiger partial charge in [0.25, 0.3) is 0 Å². The quantitative estimate of drug-likeness (QED) is 0.615. The van der Waals surface area contributed by atoms with E-state index in [1.54, 1.807) is 17.5 Å². The van der Waals surface area contributed by atoms with Crippen LogP contribution in [0.2, 0.25) is 0 Å². The maximum Gasteiger partial charge on any atom is 0.154 e. The molecule has 0 unspecified atom stereocenters. The van der Waals surface area contributed by atoms with E-state index < -0.39 is 0 Å². The highest BCUT2D eigenvalue weighted by Crippen LogP contribution is 2.37. The second-order valence-corrected chi connectivity index (χ2v) is 8.38. The summed E-state index contributed by atoms with van der Waals surface area (Å²) in [6.07, 6.45) is 8.76. The molecule has 0 saturated carbocycles. The average Bonchev–Trinajstić information content (AvgIpc) is 3.11. The molecular weight excluding hydrogens is 382 g/mol. The topological polar surface area (TPSA) is 64.0 Å². The summed E-state index contributed by atoms with van der Waals surface area (Å²) in [5, 5.41) is 0.948. The number of aryl methyl sites for hydroxylation is 1. The fourth-order valence-corrected chi connectivity index (χ4v) is 4.30. The Morgan fingerprint density at radius 2 is 2.14 bits per heavy atom. The predicted octanol–water partition coefficient (Wildman–Crippen LogP) is 4.62. The summed E-state index contributed by atoms with van der Waals surface area (Å²) in [6, 6.07) is 3.95. The standard InChI is InChI=1S/C22H25N5OS/c1-14(2)28-11-8-16-7-10-27(4)21-19(16)26-18(13-24-21)20-15(3)25-22(29-20)17-6-5-9-23-12-17/h5-6,8-9,12-14H,7,10-11H2,1-4H3/b16-8-. The maximum atomic E-state index is 5.72.